The molecule has 5 heteroatoms. The van der Waals surface area contributed by atoms with Gasteiger partial charge in [-0.25, -0.2) is 0 Å². The molecule has 0 radical (unpaired) electrons. The zero-order chi connectivity index (χ0) is 16.1. The average Bonchev–Trinajstić information content (AvgIpc) is 2.86. The molecule has 1 aromatic carbocycles. The number of carbonyl (C=O) groups excluding carboxylic acids is 2. The summed E-state index contributed by atoms with van der Waals surface area (Å²) in [6, 6.07) is 5.97. The van der Waals surface area contributed by atoms with Crippen LogP contribution in [0.25, 0.3) is 0 Å². The lowest BCUT2D eigenvalue weighted by Crippen LogP contribution is -2.36. The van der Waals surface area contributed by atoms with E-state index in [4.69, 9.17) is 5.73 Å². The van der Waals surface area contributed by atoms with E-state index in [0.29, 0.717) is 6.42 Å². The summed E-state index contributed by atoms with van der Waals surface area (Å²) in [6.07, 6.45) is 3.50. The third-order valence-corrected chi connectivity index (χ3v) is 4.36. The molecule has 22 heavy (non-hydrogen) atoms. The van der Waals surface area contributed by atoms with E-state index in [-0.39, 0.29) is 30.3 Å². The van der Waals surface area contributed by atoms with Crippen molar-refractivity contribution in [1.82, 2.24) is 5.32 Å². The Bertz CT molecular complexity index is 537. The smallest absolute Gasteiger partial charge is 0.243 e. The van der Waals surface area contributed by atoms with Gasteiger partial charge in [0, 0.05) is 18.2 Å². The molecule has 4 N–H and O–H groups in total. The standard InChI is InChI=1S/C17H25N3O2/c1-11-5-3-6-12(2)17(11)20-16(22)10-19-15(21)9-13-7-4-8-14(13)18/h3,5-6,13-14H,4,7-10,18H2,1-2H3,(H,19,21)(H,20,22)/t13-,14+/m0/s1. The fourth-order valence-electron chi connectivity index (χ4n) is 3.00. The molecule has 1 aliphatic rings. The van der Waals surface area contributed by atoms with Crippen LogP contribution < -0.4 is 16.4 Å². The minimum absolute atomic E-state index is 0.00539. The molecule has 0 saturated heterocycles. The fourth-order valence-corrected chi connectivity index (χ4v) is 3.00. The average molecular weight is 303 g/mol. The van der Waals surface area contributed by atoms with Crippen LogP contribution in [0.4, 0.5) is 5.69 Å². The molecular formula is C17H25N3O2. The van der Waals surface area contributed by atoms with Gasteiger partial charge in [0.1, 0.15) is 0 Å². The van der Waals surface area contributed by atoms with Crippen LogP contribution in [0.3, 0.4) is 0 Å². The summed E-state index contributed by atoms with van der Waals surface area (Å²) in [4.78, 5) is 23.9. The predicted molar refractivity (Wildman–Crippen MR) is 87.5 cm³/mol. The Balaban J connectivity index is 1.79. The van der Waals surface area contributed by atoms with Gasteiger partial charge in [-0.1, -0.05) is 24.6 Å². The molecule has 1 aromatic rings. The first-order valence-electron chi connectivity index (χ1n) is 7.85. The van der Waals surface area contributed by atoms with Crippen LogP contribution in [-0.4, -0.2) is 24.4 Å². The Kier molecular flexibility index (Phi) is 5.55. The number of nitrogens with one attached hydrogen (secondary N) is 2. The molecule has 0 bridgehead atoms. The fraction of sp³-hybridized carbons (Fsp3) is 0.529. The highest BCUT2D eigenvalue weighted by molar-refractivity contribution is 5.95. The second-order valence-corrected chi connectivity index (χ2v) is 6.15. The number of hydrogen-bond acceptors (Lipinski definition) is 3. The molecule has 2 rings (SSSR count). The van der Waals surface area contributed by atoms with E-state index in [0.717, 1.165) is 36.1 Å². The van der Waals surface area contributed by atoms with Crippen LogP contribution in [-0.2, 0) is 9.59 Å². The van der Waals surface area contributed by atoms with Crippen LogP contribution in [0.5, 0.6) is 0 Å². The highest BCUT2D eigenvalue weighted by atomic mass is 16.2. The normalized spacial score (nSPS) is 20.7. The van der Waals surface area contributed by atoms with Crippen LogP contribution in [0.1, 0.15) is 36.8 Å². The quantitative estimate of drug-likeness (QED) is 0.776. The Morgan fingerprint density at radius 3 is 2.45 bits per heavy atom. The summed E-state index contributed by atoms with van der Waals surface area (Å²) in [5.41, 5.74) is 8.80. The molecule has 120 valence electrons. The van der Waals surface area contributed by atoms with Gasteiger partial charge in [0.2, 0.25) is 11.8 Å². The SMILES string of the molecule is Cc1cccc(C)c1NC(=O)CNC(=O)C[C@@H]1CCC[C@H]1N. The van der Waals surface area contributed by atoms with Gasteiger partial charge in [0.15, 0.2) is 0 Å². The second-order valence-electron chi connectivity index (χ2n) is 6.15. The lowest BCUT2D eigenvalue weighted by molar-refractivity contribution is -0.124. The molecule has 1 fully saturated rings. The number of nitrogens with two attached hydrogens (primary N) is 1. The van der Waals surface area contributed by atoms with Gasteiger partial charge in [-0.2, -0.15) is 0 Å². The predicted octanol–water partition coefficient (Wildman–Crippen LogP) is 1.88. The first-order valence-corrected chi connectivity index (χ1v) is 7.85. The highest BCUT2D eigenvalue weighted by Gasteiger charge is 2.26. The topological polar surface area (TPSA) is 84.2 Å². The number of benzene rings is 1. The zero-order valence-corrected chi connectivity index (χ0v) is 13.3. The van der Waals surface area contributed by atoms with E-state index in [1.54, 1.807) is 0 Å². The summed E-state index contributed by atoms with van der Waals surface area (Å²) in [6.45, 7) is 3.89. The van der Waals surface area contributed by atoms with E-state index >= 15 is 0 Å². The molecule has 1 aliphatic carbocycles. The van der Waals surface area contributed by atoms with Gasteiger partial charge in [-0.15, -0.1) is 0 Å². The van der Waals surface area contributed by atoms with E-state index in [1.165, 1.54) is 0 Å². The van der Waals surface area contributed by atoms with Crippen molar-refractivity contribution in [2.45, 2.75) is 45.6 Å². The van der Waals surface area contributed by atoms with Gasteiger partial charge in [-0.3, -0.25) is 9.59 Å². The van der Waals surface area contributed by atoms with E-state index in [9.17, 15) is 9.59 Å². The van der Waals surface area contributed by atoms with Gasteiger partial charge < -0.3 is 16.4 Å². The van der Waals surface area contributed by atoms with Crippen molar-refractivity contribution in [3.63, 3.8) is 0 Å². The molecular weight excluding hydrogens is 278 g/mol. The molecule has 0 aromatic heterocycles. The Morgan fingerprint density at radius 1 is 1.18 bits per heavy atom. The molecule has 5 nitrogen and oxygen atoms in total. The third kappa shape index (κ3) is 4.31. The minimum Gasteiger partial charge on any atom is -0.347 e. The van der Waals surface area contributed by atoms with Gasteiger partial charge in [-0.05, 0) is 43.7 Å². The maximum Gasteiger partial charge on any atom is 0.243 e. The van der Waals surface area contributed by atoms with Gasteiger partial charge in [0.05, 0.1) is 6.54 Å². The first kappa shape index (κ1) is 16.5. The molecule has 0 heterocycles. The van der Waals surface area contributed by atoms with Gasteiger partial charge in [0.25, 0.3) is 0 Å². The number of carbonyl (C=O) groups is 2. The number of rotatable bonds is 5. The minimum atomic E-state index is -0.207. The van der Waals surface area contributed by atoms with E-state index < -0.39 is 0 Å². The van der Waals surface area contributed by atoms with Crippen LogP contribution in [0, 0.1) is 19.8 Å². The third-order valence-electron chi connectivity index (χ3n) is 4.36. The Morgan fingerprint density at radius 2 is 1.86 bits per heavy atom. The number of para-hydroxylation sites is 1. The maximum atomic E-state index is 12.0. The van der Waals surface area contributed by atoms with E-state index in [1.807, 2.05) is 32.0 Å². The first-order chi connectivity index (χ1) is 10.5. The van der Waals surface area contributed by atoms with E-state index in [2.05, 4.69) is 10.6 Å². The van der Waals surface area contributed by atoms with Crippen molar-refractivity contribution in [3.8, 4) is 0 Å². The second kappa shape index (κ2) is 7.40. The number of amides is 2. The summed E-state index contributed by atoms with van der Waals surface area (Å²) >= 11 is 0. The highest BCUT2D eigenvalue weighted by Crippen LogP contribution is 2.26. The molecule has 1 saturated carbocycles. The molecule has 0 spiro atoms. The number of aryl methyl sites for hydroxylation is 2. The maximum absolute atomic E-state index is 12.0. The van der Waals surface area contributed by atoms with Crippen LogP contribution >= 0.6 is 0 Å². The number of anilines is 1. The Hall–Kier alpha value is -1.88. The molecule has 2 atom stereocenters. The largest absolute Gasteiger partial charge is 0.347 e. The van der Waals surface area contributed by atoms with Gasteiger partial charge >= 0.3 is 0 Å². The molecule has 2 amide bonds. The van der Waals surface area contributed by atoms with Crippen molar-refractivity contribution in [2.75, 3.05) is 11.9 Å². The Labute approximate surface area is 131 Å². The lowest BCUT2D eigenvalue weighted by Gasteiger charge is -2.15. The van der Waals surface area contributed by atoms with Crippen molar-refractivity contribution in [3.05, 3.63) is 29.3 Å². The van der Waals surface area contributed by atoms with Crippen LogP contribution in [0.15, 0.2) is 18.2 Å². The van der Waals surface area contributed by atoms with Crippen molar-refractivity contribution in [2.24, 2.45) is 11.7 Å². The van der Waals surface area contributed by atoms with Crippen molar-refractivity contribution in [1.29, 1.82) is 0 Å². The zero-order valence-electron chi connectivity index (χ0n) is 13.3. The summed E-state index contributed by atoms with van der Waals surface area (Å²) in [5.74, 6) is -0.0536. The summed E-state index contributed by atoms with van der Waals surface area (Å²) < 4.78 is 0. The lowest BCUT2D eigenvalue weighted by atomic mass is 10.00. The van der Waals surface area contributed by atoms with Crippen molar-refractivity contribution < 1.29 is 9.59 Å². The monoisotopic (exact) mass is 303 g/mol. The van der Waals surface area contributed by atoms with Crippen molar-refractivity contribution >= 4 is 17.5 Å². The molecule has 0 unspecified atom stereocenters. The number of hydrogen-bond donors (Lipinski definition) is 3. The van der Waals surface area contributed by atoms with Crippen LogP contribution in [0.2, 0.25) is 0 Å². The summed E-state index contributed by atoms with van der Waals surface area (Å²) in [5, 5.41) is 5.54. The molecule has 0 aliphatic heterocycles. The summed E-state index contributed by atoms with van der Waals surface area (Å²) in [7, 11) is 0.